The fourth-order valence-corrected chi connectivity index (χ4v) is 3.82. The Morgan fingerprint density at radius 3 is 2.86 bits per heavy atom. The van der Waals surface area contributed by atoms with Crippen molar-refractivity contribution in [3.63, 3.8) is 0 Å². The highest BCUT2D eigenvalue weighted by atomic mass is 16.1. The van der Waals surface area contributed by atoms with Gasteiger partial charge in [0.05, 0.1) is 5.56 Å². The molecule has 2 aromatic carbocycles. The van der Waals surface area contributed by atoms with Crippen LogP contribution < -0.4 is 16.4 Å². The SMILES string of the molecule is CNC(=O)c1cc(-c2cccc(CN[C@H]3CCc4ccccc43)c2)cnc1N. The minimum Gasteiger partial charge on any atom is -0.383 e. The van der Waals surface area contributed by atoms with E-state index >= 15 is 0 Å². The van der Waals surface area contributed by atoms with Gasteiger partial charge in [0, 0.05) is 31.4 Å². The fourth-order valence-electron chi connectivity index (χ4n) is 3.82. The van der Waals surface area contributed by atoms with Crippen LogP contribution in [0, 0.1) is 0 Å². The van der Waals surface area contributed by atoms with Gasteiger partial charge >= 0.3 is 0 Å². The summed E-state index contributed by atoms with van der Waals surface area (Å²) in [6.45, 7) is 0.789. The van der Waals surface area contributed by atoms with E-state index < -0.39 is 0 Å². The molecule has 3 aromatic rings. The average Bonchev–Trinajstić information content (AvgIpc) is 3.15. The number of anilines is 1. The van der Waals surface area contributed by atoms with Crippen molar-refractivity contribution >= 4 is 11.7 Å². The van der Waals surface area contributed by atoms with Gasteiger partial charge in [0.15, 0.2) is 0 Å². The molecular weight excluding hydrogens is 348 g/mol. The molecule has 0 fully saturated rings. The number of pyridine rings is 1. The predicted molar refractivity (Wildman–Crippen MR) is 112 cm³/mol. The fraction of sp³-hybridized carbons (Fsp3) is 0.217. The number of amides is 1. The van der Waals surface area contributed by atoms with Crippen LogP contribution in [0.1, 0.15) is 39.5 Å². The molecule has 1 heterocycles. The lowest BCUT2D eigenvalue weighted by molar-refractivity contribution is 0.0963. The van der Waals surface area contributed by atoms with E-state index in [-0.39, 0.29) is 11.7 Å². The summed E-state index contributed by atoms with van der Waals surface area (Å²) in [4.78, 5) is 16.2. The Morgan fingerprint density at radius 2 is 2.00 bits per heavy atom. The molecule has 1 aliphatic carbocycles. The number of nitrogens with one attached hydrogen (secondary N) is 2. The number of hydrogen-bond acceptors (Lipinski definition) is 4. The molecule has 1 amide bonds. The van der Waals surface area contributed by atoms with Crippen LogP contribution in [0.25, 0.3) is 11.1 Å². The maximum Gasteiger partial charge on any atom is 0.254 e. The Morgan fingerprint density at radius 1 is 1.14 bits per heavy atom. The van der Waals surface area contributed by atoms with Crippen molar-refractivity contribution in [3.05, 3.63) is 83.0 Å². The minimum atomic E-state index is -0.232. The van der Waals surface area contributed by atoms with E-state index in [4.69, 9.17) is 5.73 Å². The van der Waals surface area contributed by atoms with Gasteiger partial charge in [-0.15, -0.1) is 0 Å². The minimum absolute atomic E-state index is 0.232. The molecule has 1 aromatic heterocycles. The summed E-state index contributed by atoms with van der Waals surface area (Å²) in [5, 5.41) is 6.28. The van der Waals surface area contributed by atoms with Gasteiger partial charge in [-0.2, -0.15) is 0 Å². The zero-order valence-corrected chi connectivity index (χ0v) is 15.9. The molecule has 5 nitrogen and oxygen atoms in total. The number of nitrogens with two attached hydrogens (primary N) is 1. The van der Waals surface area contributed by atoms with Crippen LogP contribution in [0.3, 0.4) is 0 Å². The third-order valence-corrected chi connectivity index (χ3v) is 5.34. The van der Waals surface area contributed by atoms with Crippen molar-refractivity contribution in [2.75, 3.05) is 12.8 Å². The first-order chi connectivity index (χ1) is 13.7. The summed E-state index contributed by atoms with van der Waals surface area (Å²) in [5.74, 6) is 0.00499. The van der Waals surface area contributed by atoms with E-state index in [9.17, 15) is 4.79 Å². The number of hydrogen-bond donors (Lipinski definition) is 3. The molecule has 1 atom stereocenters. The first kappa shape index (κ1) is 18.2. The molecule has 0 unspecified atom stereocenters. The zero-order chi connectivity index (χ0) is 19.5. The normalized spacial score (nSPS) is 15.2. The molecule has 1 aliphatic rings. The molecule has 28 heavy (non-hydrogen) atoms. The summed E-state index contributed by atoms with van der Waals surface area (Å²) in [6, 6.07) is 19.2. The molecule has 0 aliphatic heterocycles. The van der Waals surface area contributed by atoms with Gasteiger partial charge in [-0.05, 0) is 47.2 Å². The van der Waals surface area contributed by atoms with E-state index in [1.165, 1.54) is 16.7 Å². The molecule has 142 valence electrons. The molecule has 0 spiro atoms. The van der Waals surface area contributed by atoms with Crippen molar-refractivity contribution in [1.29, 1.82) is 0 Å². The molecule has 0 bridgehead atoms. The molecule has 0 radical (unpaired) electrons. The number of rotatable bonds is 5. The average molecular weight is 372 g/mol. The van der Waals surface area contributed by atoms with Gasteiger partial charge in [-0.1, -0.05) is 42.5 Å². The number of carbonyl (C=O) groups excluding carboxylic acids is 1. The zero-order valence-electron chi connectivity index (χ0n) is 15.9. The summed E-state index contributed by atoms with van der Waals surface area (Å²) in [6.07, 6.45) is 3.98. The quantitative estimate of drug-likeness (QED) is 0.641. The third-order valence-electron chi connectivity index (χ3n) is 5.34. The first-order valence-electron chi connectivity index (χ1n) is 9.54. The smallest absolute Gasteiger partial charge is 0.254 e. The second kappa shape index (κ2) is 7.82. The lowest BCUT2D eigenvalue weighted by Gasteiger charge is -2.15. The highest BCUT2D eigenvalue weighted by Gasteiger charge is 2.21. The highest BCUT2D eigenvalue weighted by molar-refractivity contribution is 5.99. The van der Waals surface area contributed by atoms with Gasteiger partial charge < -0.3 is 16.4 Å². The van der Waals surface area contributed by atoms with Crippen LogP contribution >= 0.6 is 0 Å². The van der Waals surface area contributed by atoms with Gasteiger partial charge in [0.25, 0.3) is 5.91 Å². The number of benzene rings is 2. The molecule has 5 heteroatoms. The van der Waals surface area contributed by atoms with Crippen LogP contribution in [-0.4, -0.2) is 17.9 Å². The van der Waals surface area contributed by atoms with E-state index in [1.54, 1.807) is 19.3 Å². The largest absolute Gasteiger partial charge is 0.383 e. The Balaban J connectivity index is 1.52. The van der Waals surface area contributed by atoms with Crippen LogP contribution in [0.2, 0.25) is 0 Å². The van der Waals surface area contributed by atoms with Gasteiger partial charge in [0.1, 0.15) is 5.82 Å². The van der Waals surface area contributed by atoms with E-state index in [0.29, 0.717) is 11.6 Å². The Kier molecular flexibility index (Phi) is 5.08. The highest BCUT2D eigenvalue weighted by Crippen LogP contribution is 2.31. The topological polar surface area (TPSA) is 80.0 Å². The van der Waals surface area contributed by atoms with E-state index in [0.717, 1.165) is 30.5 Å². The third kappa shape index (κ3) is 3.62. The number of aryl methyl sites for hydroxylation is 1. The number of nitrogens with zero attached hydrogens (tertiary/aromatic N) is 1. The monoisotopic (exact) mass is 372 g/mol. The van der Waals surface area contributed by atoms with Crippen molar-refractivity contribution in [2.45, 2.75) is 25.4 Å². The van der Waals surface area contributed by atoms with Crippen molar-refractivity contribution in [1.82, 2.24) is 15.6 Å². The first-order valence-corrected chi connectivity index (χ1v) is 9.54. The van der Waals surface area contributed by atoms with Crippen LogP contribution in [0.4, 0.5) is 5.82 Å². The lowest BCUT2D eigenvalue weighted by atomic mass is 10.0. The summed E-state index contributed by atoms with van der Waals surface area (Å²) < 4.78 is 0. The van der Waals surface area contributed by atoms with Gasteiger partial charge in [-0.3, -0.25) is 4.79 Å². The molecule has 0 saturated heterocycles. The van der Waals surface area contributed by atoms with Crippen molar-refractivity contribution in [2.24, 2.45) is 0 Å². The number of fused-ring (bicyclic) bond motifs is 1. The molecular formula is C23H24N4O. The Bertz CT molecular complexity index is 1010. The van der Waals surface area contributed by atoms with Crippen molar-refractivity contribution in [3.8, 4) is 11.1 Å². The van der Waals surface area contributed by atoms with Crippen LogP contribution in [0.5, 0.6) is 0 Å². The summed E-state index contributed by atoms with van der Waals surface area (Å²) in [7, 11) is 1.59. The standard InChI is InChI=1S/C23H24N4O/c1-25-23(28)20-12-18(14-27-22(20)24)17-7-4-5-15(11-17)13-26-21-10-9-16-6-2-3-8-19(16)21/h2-8,11-12,14,21,26H,9-10,13H2,1H3,(H2,24,27)(H,25,28)/t21-/m0/s1. The van der Waals surface area contributed by atoms with E-state index in [1.807, 2.05) is 12.1 Å². The number of nitrogen functional groups attached to an aromatic ring is 1. The maximum atomic E-state index is 12.0. The van der Waals surface area contributed by atoms with Crippen molar-refractivity contribution < 1.29 is 4.79 Å². The number of aromatic nitrogens is 1. The van der Waals surface area contributed by atoms with Gasteiger partial charge in [0.2, 0.25) is 0 Å². The summed E-state index contributed by atoms with van der Waals surface area (Å²) >= 11 is 0. The lowest BCUT2D eigenvalue weighted by Crippen LogP contribution is -2.20. The van der Waals surface area contributed by atoms with Gasteiger partial charge in [-0.25, -0.2) is 4.98 Å². The molecule has 4 N–H and O–H groups in total. The molecule has 4 rings (SSSR count). The van der Waals surface area contributed by atoms with E-state index in [2.05, 4.69) is 52.0 Å². The summed E-state index contributed by atoms with van der Waals surface area (Å²) in [5.41, 5.74) is 12.2. The maximum absolute atomic E-state index is 12.0. The van der Waals surface area contributed by atoms with Crippen LogP contribution in [-0.2, 0) is 13.0 Å². The Hall–Kier alpha value is -3.18. The molecule has 0 saturated carbocycles. The Labute approximate surface area is 165 Å². The second-order valence-electron chi connectivity index (χ2n) is 7.11. The second-order valence-corrected chi connectivity index (χ2v) is 7.11. The number of carbonyl (C=O) groups is 1. The predicted octanol–water partition coefficient (Wildman–Crippen LogP) is 3.47. The van der Waals surface area contributed by atoms with Crippen LogP contribution in [0.15, 0.2) is 60.8 Å².